The summed E-state index contributed by atoms with van der Waals surface area (Å²) in [5.74, 6) is 1.59. The van der Waals surface area contributed by atoms with Crippen LogP contribution in [0, 0.1) is 0 Å². The van der Waals surface area contributed by atoms with E-state index in [1.807, 2.05) is 55.6 Å². The number of ether oxygens (including phenoxy) is 3. The molecule has 2 aromatic rings. The number of rotatable bonds is 4. The van der Waals surface area contributed by atoms with Crippen LogP contribution in [-0.4, -0.2) is 50.3 Å². The van der Waals surface area contributed by atoms with Gasteiger partial charge in [-0.15, -0.1) is 0 Å². The lowest BCUT2D eigenvalue weighted by Gasteiger charge is -2.40. The molecule has 1 fully saturated rings. The Hall–Kier alpha value is -2.05. The zero-order chi connectivity index (χ0) is 19.6. The third-order valence-corrected chi connectivity index (χ3v) is 6.07. The molecule has 2 aromatic carbocycles. The van der Waals surface area contributed by atoms with Gasteiger partial charge >= 0.3 is 0 Å². The maximum Gasteiger partial charge on any atom is 0.233 e. The van der Waals surface area contributed by atoms with Crippen molar-refractivity contribution in [3.05, 3.63) is 58.6 Å². The van der Waals surface area contributed by atoms with Crippen LogP contribution in [0.2, 0.25) is 0 Å². The van der Waals surface area contributed by atoms with E-state index in [1.165, 1.54) is 0 Å². The lowest BCUT2D eigenvalue weighted by Crippen LogP contribution is -2.51. The number of nitrogens with zero attached hydrogens (tertiary/aromatic N) is 1. The van der Waals surface area contributed by atoms with Crippen molar-refractivity contribution < 1.29 is 19.0 Å². The Balaban J connectivity index is 1.51. The van der Waals surface area contributed by atoms with E-state index in [0.29, 0.717) is 39.2 Å². The maximum absolute atomic E-state index is 13.6. The highest BCUT2D eigenvalue weighted by Gasteiger charge is 2.43. The van der Waals surface area contributed by atoms with Crippen LogP contribution in [0.25, 0.3) is 0 Å². The molecule has 5 nitrogen and oxygen atoms in total. The first kappa shape index (κ1) is 19.3. The molecule has 1 amide bonds. The van der Waals surface area contributed by atoms with E-state index in [9.17, 15) is 4.79 Å². The van der Waals surface area contributed by atoms with E-state index in [-0.39, 0.29) is 12.0 Å². The topological polar surface area (TPSA) is 48.0 Å². The van der Waals surface area contributed by atoms with Crippen molar-refractivity contribution in [3.8, 4) is 11.5 Å². The lowest BCUT2D eigenvalue weighted by molar-refractivity contribution is -0.141. The summed E-state index contributed by atoms with van der Waals surface area (Å²) >= 11 is 3.48. The first-order valence-corrected chi connectivity index (χ1v) is 10.4. The summed E-state index contributed by atoms with van der Waals surface area (Å²) in [7, 11) is 1.85. The zero-order valence-electron chi connectivity index (χ0n) is 15.9. The van der Waals surface area contributed by atoms with Gasteiger partial charge in [-0.25, -0.2) is 0 Å². The van der Waals surface area contributed by atoms with Gasteiger partial charge in [-0.1, -0.05) is 40.2 Å². The Bertz CT molecular complexity index is 833. The molecule has 0 radical (unpaired) electrons. The molecule has 0 spiro atoms. The molecule has 0 N–H and O–H groups in total. The van der Waals surface area contributed by atoms with Gasteiger partial charge in [0.1, 0.15) is 6.61 Å². The standard InChI is InChI=1S/C22H24BrNO4/c1-24(14-18-15-27-19-4-2-3-5-20(19)28-18)21(25)22(10-12-26-13-11-22)16-6-8-17(23)9-7-16/h2-9,18H,10-15H2,1H3. The quantitative estimate of drug-likeness (QED) is 0.717. The third-order valence-electron chi connectivity index (χ3n) is 5.54. The zero-order valence-corrected chi connectivity index (χ0v) is 17.5. The number of likely N-dealkylation sites (N-methyl/N-ethyl adjacent to an activating group) is 1. The Morgan fingerprint density at radius 1 is 1.11 bits per heavy atom. The van der Waals surface area contributed by atoms with E-state index >= 15 is 0 Å². The molecule has 4 rings (SSSR count). The summed E-state index contributed by atoms with van der Waals surface area (Å²) in [5, 5.41) is 0. The van der Waals surface area contributed by atoms with Crippen molar-refractivity contribution in [3.63, 3.8) is 0 Å². The molecule has 2 aliphatic heterocycles. The summed E-state index contributed by atoms with van der Waals surface area (Å²) in [6, 6.07) is 15.7. The maximum atomic E-state index is 13.6. The molecule has 1 saturated heterocycles. The fourth-order valence-corrected chi connectivity index (χ4v) is 4.29. The predicted molar refractivity (Wildman–Crippen MR) is 110 cm³/mol. The molecule has 28 heavy (non-hydrogen) atoms. The van der Waals surface area contributed by atoms with Crippen LogP contribution in [0.5, 0.6) is 11.5 Å². The van der Waals surface area contributed by atoms with E-state index in [2.05, 4.69) is 15.9 Å². The number of amides is 1. The average molecular weight is 446 g/mol. The second-order valence-electron chi connectivity index (χ2n) is 7.38. The predicted octanol–water partition coefficient (Wildman–Crippen LogP) is 3.80. The average Bonchev–Trinajstić information content (AvgIpc) is 2.74. The van der Waals surface area contributed by atoms with Crippen LogP contribution in [0.4, 0.5) is 0 Å². The molecule has 0 saturated carbocycles. The molecule has 1 unspecified atom stereocenters. The molecule has 1 atom stereocenters. The summed E-state index contributed by atoms with van der Waals surface area (Å²) in [6.45, 7) is 2.09. The van der Waals surface area contributed by atoms with Crippen molar-refractivity contribution in [2.24, 2.45) is 0 Å². The van der Waals surface area contributed by atoms with Crippen molar-refractivity contribution in [1.82, 2.24) is 4.90 Å². The fraction of sp³-hybridized carbons (Fsp3) is 0.409. The Morgan fingerprint density at radius 2 is 1.79 bits per heavy atom. The molecule has 2 aliphatic rings. The molecule has 6 heteroatoms. The van der Waals surface area contributed by atoms with Gasteiger partial charge in [0.2, 0.25) is 5.91 Å². The van der Waals surface area contributed by atoms with E-state index < -0.39 is 5.41 Å². The smallest absolute Gasteiger partial charge is 0.233 e. The highest BCUT2D eigenvalue weighted by molar-refractivity contribution is 9.10. The van der Waals surface area contributed by atoms with E-state index in [0.717, 1.165) is 21.5 Å². The molecule has 2 heterocycles. The van der Waals surface area contributed by atoms with Gasteiger partial charge in [0.05, 0.1) is 12.0 Å². The Morgan fingerprint density at radius 3 is 2.50 bits per heavy atom. The normalized spacial score (nSPS) is 20.4. The van der Waals surface area contributed by atoms with E-state index in [4.69, 9.17) is 14.2 Å². The first-order valence-electron chi connectivity index (χ1n) is 9.56. The van der Waals surface area contributed by atoms with Crippen molar-refractivity contribution in [1.29, 1.82) is 0 Å². The fourth-order valence-electron chi connectivity index (χ4n) is 4.02. The highest BCUT2D eigenvalue weighted by atomic mass is 79.9. The molecule has 0 aliphatic carbocycles. The Kier molecular flexibility index (Phi) is 5.60. The SMILES string of the molecule is CN(CC1COc2ccccc2O1)C(=O)C1(c2ccc(Br)cc2)CCOCC1. The molecular formula is C22H24BrNO4. The second kappa shape index (κ2) is 8.13. The highest BCUT2D eigenvalue weighted by Crippen LogP contribution is 2.37. The molecule has 0 bridgehead atoms. The van der Waals surface area contributed by atoms with Gasteiger partial charge in [-0.2, -0.15) is 0 Å². The van der Waals surface area contributed by atoms with Gasteiger partial charge in [0.25, 0.3) is 0 Å². The minimum Gasteiger partial charge on any atom is -0.486 e. The first-order chi connectivity index (χ1) is 13.6. The van der Waals surface area contributed by atoms with Crippen LogP contribution < -0.4 is 9.47 Å². The van der Waals surface area contributed by atoms with Gasteiger partial charge < -0.3 is 19.1 Å². The molecule has 148 valence electrons. The number of hydrogen-bond donors (Lipinski definition) is 0. The summed E-state index contributed by atoms with van der Waals surface area (Å²) in [4.78, 5) is 15.4. The van der Waals surface area contributed by atoms with Gasteiger partial charge in [0.15, 0.2) is 17.6 Å². The number of benzene rings is 2. The van der Waals surface area contributed by atoms with Crippen LogP contribution in [0.3, 0.4) is 0 Å². The number of carbonyl (C=O) groups excluding carboxylic acids is 1. The minimum atomic E-state index is -0.554. The van der Waals surface area contributed by atoms with Crippen molar-refractivity contribution in [2.45, 2.75) is 24.4 Å². The monoisotopic (exact) mass is 445 g/mol. The van der Waals surface area contributed by atoms with Crippen molar-refractivity contribution in [2.75, 3.05) is 33.4 Å². The van der Waals surface area contributed by atoms with Crippen LogP contribution in [0.15, 0.2) is 53.0 Å². The van der Waals surface area contributed by atoms with Gasteiger partial charge in [-0.05, 0) is 42.7 Å². The van der Waals surface area contributed by atoms with Crippen molar-refractivity contribution >= 4 is 21.8 Å². The Labute approximate surface area is 173 Å². The number of halogens is 1. The number of carbonyl (C=O) groups is 1. The van der Waals surface area contributed by atoms with Crippen LogP contribution >= 0.6 is 15.9 Å². The van der Waals surface area contributed by atoms with Crippen LogP contribution in [-0.2, 0) is 14.9 Å². The second-order valence-corrected chi connectivity index (χ2v) is 8.30. The van der Waals surface area contributed by atoms with Gasteiger partial charge in [-0.3, -0.25) is 4.79 Å². The number of para-hydroxylation sites is 2. The van der Waals surface area contributed by atoms with E-state index in [1.54, 1.807) is 4.90 Å². The molecule has 0 aromatic heterocycles. The summed E-state index contributed by atoms with van der Waals surface area (Å²) in [6.07, 6.45) is 1.18. The largest absolute Gasteiger partial charge is 0.486 e. The number of hydrogen-bond acceptors (Lipinski definition) is 4. The van der Waals surface area contributed by atoms with Crippen LogP contribution in [0.1, 0.15) is 18.4 Å². The number of fused-ring (bicyclic) bond motifs is 1. The summed E-state index contributed by atoms with van der Waals surface area (Å²) in [5.41, 5.74) is 0.489. The minimum absolute atomic E-state index is 0.112. The molecular weight excluding hydrogens is 422 g/mol. The lowest BCUT2D eigenvalue weighted by atomic mass is 9.73. The van der Waals surface area contributed by atoms with Gasteiger partial charge in [0, 0.05) is 24.7 Å². The summed E-state index contributed by atoms with van der Waals surface area (Å²) < 4.78 is 18.4. The third kappa shape index (κ3) is 3.76.